The first kappa shape index (κ1) is 87.3. The van der Waals surface area contributed by atoms with Gasteiger partial charge < -0.3 is 65.1 Å². The molecular formula is C76H89BBr3Cl3N24O6. The van der Waals surface area contributed by atoms with Crippen LogP contribution in [0.15, 0.2) is 136 Å². The lowest BCUT2D eigenvalue weighted by atomic mass is 9.90. The summed E-state index contributed by atoms with van der Waals surface area (Å²) < 4.78 is 10.2. The number of carbonyl (C=O) groups is 4. The summed E-state index contributed by atoms with van der Waals surface area (Å²) in [5, 5.41) is 60.3. The maximum Gasteiger partial charge on any atom is 0.222 e. The molecule has 0 bridgehead atoms. The molecule has 15 rings (SSSR count). The summed E-state index contributed by atoms with van der Waals surface area (Å²) in [6.45, 7) is 12.9. The number of amides is 3. The number of allylic oxidation sites excluding steroid dienone is 1. The first-order valence-corrected chi connectivity index (χ1v) is 39.9. The smallest absolute Gasteiger partial charge is 0.222 e. The monoisotopic (exact) mass is 1790 g/mol. The van der Waals surface area contributed by atoms with Gasteiger partial charge in [0.1, 0.15) is 29.9 Å². The Morgan fingerprint density at radius 1 is 0.575 bits per heavy atom. The zero-order valence-corrected chi connectivity index (χ0v) is 69.8. The van der Waals surface area contributed by atoms with E-state index in [4.69, 9.17) is 92.7 Å². The van der Waals surface area contributed by atoms with Crippen LogP contribution in [0.4, 0.5) is 23.3 Å². The predicted octanol–water partition coefficient (Wildman–Crippen LogP) is 11.6. The zero-order chi connectivity index (χ0) is 81.8. The first-order chi connectivity index (χ1) is 53.9. The van der Waals surface area contributed by atoms with Gasteiger partial charge in [0.25, 0.3) is 0 Å². The van der Waals surface area contributed by atoms with Gasteiger partial charge in [-0.25, -0.2) is 19.9 Å². The minimum Gasteiger partial charge on any atom is -0.405 e. The van der Waals surface area contributed by atoms with Gasteiger partial charge in [-0.1, -0.05) is 78.1 Å². The number of halogens is 6. The number of rotatable bonds is 20. The number of nitrogen functional groups attached to an aromatic ring is 4. The summed E-state index contributed by atoms with van der Waals surface area (Å²) in [7, 11) is 4.82. The number of aromatic amines is 1. The molecule has 9 aromatic heterocycles. The second-order valence-corrected chi connectivity index (χ2v) is 31.2. The number of nitrogens with one attached hydrogen (secondary N) is 3. The molecule has 2 aliphatic heterocycles. The number of anilines is 4. The van der Waals surface area contributed by atoms with Gasteiger partial charge in [0.15, 0.2) is 23.3 Å². The molecule has 2 saturated heterocycles. The lowest BCUT2D eigenvalue weighted by molar-refractivity contribution is -0.128. The summed E-state index contributed by atoms with van der Waals surface area (Å²) in [4.78, 5) is 66.5. The highest BCUT2D eigenvalue weighted by Gasteiger charge is 2.32. The average molecular weight is 1790 g/mol. The van der Waals surface area contributed by atoms with E-state index in [-0.39, 0.29) is 28.6 Å². The molecule has 2 radical (unpaired) electrons. The highest BCUT2D eigenvalue weighted by atomic mass is 79.9. The Morgan fingerprint density at radius 2 is 0.956 bits per heavy atom. The maximum absolute atomic E-state index is 11.8. The molecule has 0 aliphatic carbocycles. The second kappa shape index (κ2) is 40.4. The van der Waals surface area contributed by atoms with Gasteiger partial charge in [-0.05, 0) is 131 Å². The number of alkyl halides is 2. The molecule has 11 heterocycles. The number of aliphatic hydroxyl groups is 2. The molecule has 30 nitrogen and oxygen atoms in total. The Bertz CT molecular complexity index is 5540. The van der Waals surface area contributed by atoms with Crippen LogP contribution in [0.2, 0.25) is 0 Å². The average Bonchev–Trinajstić information content (AvgIpc) is 1.63. The number of benzene rings is 4. The topological polar surface area (TPSA) is 459 Å². The Hall–Kier alpha value is -9.65. The van der Waals surface area contributed by atoms with Gasteiger partial charge in [0, 0.05) is 170 Å². The standard InChI is InChI=1S/C19H19N7O.C16H17BrClN5O.C16H16BrN5O.C12H12BrN5.C6H14O2.C4H6Cl2O.C3H5BN2/c20-19-18-14(11-26(24-18)9-8-25-7-1-2-17(25)27)13-4-3-12(10-16(13)22-19)15-5-6-21-23-15;17-10-3-4-11-12-9-23(7-6-20-14(24)2-1-5-18)22-15(12)16(19)21-13(11)8-10;17-10-3-4-11-12-9-22(7-6-21-5-1-2-14(21)23)20-15(12)16(18)19-13(11)8-10;13-7-1-2-8-9-6-18(4-3-14)17-11(9)12(15)16-10(8)5-7;1-5(2,7)6(3,4)8;5-3-1-2-4(6)7;4-3(6)1-2-5/h3-6,10-11H,1-2,7-9H2,(H2,20,22)(H,21,23);3-4,8-9H,1-2,5-7H2,(H2,19,21)(H,20,24);3-4,8-9H,1-2,5-7H2,(H2,18,19);1-2,5-6H,3-4,14H2,(H2,15,16);7-8H,1-4H3;1-3H2;1-2,6H,5H2/b;;;;;;2-1-,6-3?. The number of aromatic nitrogens is 14. The Morgan fingerprint density at radius 3 is 1.27 bits per heavy atom. The van der Waals surface area contributed by atoms with Crippen LogP contribution in [0.25, 0.3) is 98.5 Å². The van der Waals surface area contributed by atoms with Crippen molar-refractivity contribution in [2.75, 3.05) is 74.0 Å². The molecule has 0 spiro atoms. The van der Waals surface area contributed by atoms with E-state index in [0.717, 1.165) is 121 Å². The van der Waals surface area contributed by atoms with Gasteiger partial charge in [-0.15, -0.1) is 23.2 Å². The number of nitrogens with zero attached hydrogens (tertiary/aromatic N) is 15. The van der Waals surface area contributed by atoms with Crippen molar-refractivity contribution in [3.05, 3.63) is 136 Å². The number of nitrogens with two attached hydrogens (primary N) is 6. The first-order valence-electron chi connectivity index (χ1n) is 36.1. The van der Waals surface area contributed by atoms with Crippen molar-refractivity contribution in [2.24, 2.45) is 11.5 Å². The normalized spacial score (nSPS) is 12.9. The predicted molar refractivity (Wildman–Crippen MR) is 462 cm³/mol. The number of carbonyl (C=O) groups excluding carboxylic acids is 4. The molecule has 3 amide bonds. The van der Waals surface area contributed by atoms with Crippen LogP contribution >= 0.6 is 82.6 Å². The number of hydrogen-bond acceptors (Lipinski definition) is 22. The van der Waals surface area contributed by atoms with Crippen molar-refractivity contribution in [1.29, 1.82) is 5.41 Å². The van der Waals surface area contributed by atoms with Crippen LogP contribution < -0.4 is 39.7 Å². The van der Waals surface area contributed by atoms with Gasteiger partial charge in [-0.2, -0.15) is 25.5 Å². The van der Waals surface area contributed by atoms with Crippen molar-refractivity contribution in [1.82, 2.24) is 84.4 Å². The molecule has 37 heteroatoms. The van der Waals surface area contributed by atoms with Crippen LogP contribution in [-0.4, -0.2) is 188 Å². The minimum atomic E-state index is -1.01. The van der Waals surface area contributed by atoms with E-state index in [9.17, 15) is 19.2 Å². The van der Waals surface area contributed by atoms with Crippen molar-refractivity contribution in [2.45, 2.75) is 116 Å². The van der Waals surface area contributed by atoms with Gasteiger partial charge in [-0.3, -0.25) is 43.0 Å². The molecule has 4 aromatic carbocycles. The number of H-pyrrole nitrogens is 1. The summed E-state index contributed by atoms with van der Waals surface area (Å²) in [5.74, 6) is 3.17. The minimum absolute atomic E-state index is 0.00356. The SMILES string of the molecule is CC(C)(O)C(C)(C)O.NCCn1cc2c(n1)c(N)nc1cc(Br)ccc12.Nc1nc2cc(-c3ccn[nH]3)ccc2c2cn(CCN3CCCC3=O)nc12.Nc1nc2cc(Br)ccc2c2cn(CCN3CCCC3=O)nc12.Nc1nc2cc(Br)ccc2c2cn(CCNC(=O)CCCCl)nc12.O=C(Cl)CCCCl.[B]C(=N)/C=C\N. The van der Waals surface area contributed by atoms with E-state index in [0.29, 0.717) is 142 Å². The summed E-state index contributed by atoms with van der Waals surface area (Å²) in [5.41, 5.74) is 40.7. The highest BCUT2D eigenvalue weighted by Crippen LogP contribution is 2.34. The van der Waals surface area contributed by atoms with Crippen LogP contribution in [0.1, 0.15) is 79.1 Å². The molecule has 2 aliphatic rings. The molecule has 0 unspecified atom stereocenters. The maximum atomic E-state index is 11.8. The van der Waals surface area contributed by atoms with Crippen LogP contribution in [0.5, 0.6) is 0 Å². The molecule has 594 valence electrons. The van der Waals surface area contributed by atoms with Crippen LogP contribution in [0, 0.1) is 5.41 Å². The van der Waals surface area contributed by atoms with Crippen molar-refractivity contribution < 1.29 is 29.4 Å². The van der Waals surface area contributed by atoms with Crippen molar-refractivity contribution >= 4 is 230 Å². The third kappa shape index (κ3) is 23.7. The fourth-order valence-corrected chi connectivity index (χ4v) is 13.2. The third-order valence-electron chi connectivity index (χ3n) is 18.2. The molecule has 2 fully saturated rings. The molecular weight excluding hydrogens is 1700 g/mol. The van der Waals surface area contributed by atoms with Gasteiger partial charge in [0.05, 0.1) is 65.1 Å². The quantitative estimate of drug-likeness (QED) is 0.0146. The van der Waals surface area contributed by atoms with Gasteiger partial charge >= 0.3 is 0 Å². The van der Waals surface area contributed by atoms with E-state index < -0.39 is 11.2 Å². The number of pyridine rings is 4. The van der Waals surface area contributed by atoms with E-state index >= 15 is 0 Å². The van der Waals surface area contributed by atoms with Crippen LogP contribution in [-0.2, 0) is 45.4 Å². The Balaban J connectivity index is 0.000000160. The van der Waals surface area contributed by atoms with Gasteiger partial charge in [0.2, 0.25) is 23.0 Å². The lowest BCUT2D eigenvalue weighted by Gasteiger charge is -2.31. The van der Waals surface area contributed by atoms with E-state index in [2.05, 4.69) is 104 Å². The molecule has 13 aromatic rings. The van der Waals surface area contributed by atoms with E-state index in [1.54, 1.807) is 38.6 Å². The summed E-state index contributed by atoms with van der Waals surface area (Å²) in [6.07, 6.45) is 17.6. The second-order valence-electron chi connectivity index (χ2n) is 27.3. The highest BCUT2D eigenvalue weighted by molar-refractivity contribution is 9.11. The summed E-state index contributed by atoms with van der Waals surface area (Å²) >= 11 is 26.1. The van der Waals surface area contributed by atoms with Crippen molar-refractivity contribution in [3.63, 3.8) is 0 Å². The Labute approximate surface area is 692 Å². The number of likely N-dealkylation sites (tertiary alicyclic amines) is 2. The molecule has 113 heavy (non-hydrogen) atoms. The lowest BCUT2D eigenvalue weighted by Crippen LogP contribution is -2.44. The fourth-order valence-electron chi connectivity index (χ4n) is 11.7. The molecule has 0 saturated carbocycles. The Kier molecular flexibility index (Phi) is 31.2. The third-order valence-corrected chi connectivity index (χ3v) is 20.4. The zero-order valence-electron chi connectivity index (χ0n) is 62.7. The number of hydrogen-bond donors (Lipinski definition) is 11. The largest absolute Gasteiger partial charge is 0.405 e. The van der Waals surface area contributed by atoms with Crippen molar-refractivity contribution in [3.8, 4) is 11.3 Å². The summed E-state index contributed by atoms with van der Waals surface area (Å²) in [6, 6.07) is 25.8. The van der Waals surface area contributed by atoms with E-state index in [1.165, 1.54) is 12.3 Å². The number of fused-ring (bicyclic) bond motifs is 12. The molecule has 0 atom stereocenters. The fraction of sp³-hybridized carbons (Fsp3) is 0.342. The molecule has 17 N–H and O–H groups in total. The van der Waals surface area contributed by atoms with E-state index in [1.807, 2.05) is 127 Å². The van der Waals surface area contributed by atoms with Crippen LogP contribution in [0.3, 0.4) is 0 Å².